The summed E-state index contributed by atoms with van der Waals surface area (Å²) in [6, 6.07) is 1.89. The molecule has 262 valence electrons. The van der Waals surface area contributed by atoms with Crippen LogP contribution in [0.4, 0.5) is 5.95 Å². The molecular formula is C21H31N8O14P3S-2. The zero-order chi connectivity index (χ0) is 35.1. The van der Waals surface area contributed by atoms with E-state index < -0.39 is 67.1 Å². The van der Waals surface area contributed by atoms with E-state index in [-0.39, 0.29) is 33.7 Å². The van der Waals surface area contributed by atoms with E-state index in [1.54, 1.807) is 11.7 Å². The number of rotatable bonds is 13. The maximum absolute atomic E-state index is 12.8. The molecule has 1 fully saturated rings. The Morgan fingerprint density at radius 2 is 1.94 bits per heavy atom. The van der Waals surface area contributed by atoms with Crippen molar-refractivity contribution in [2.24, 2.45) is 7.05 Å². The van der Waals surface area contributed by atoms with E-state index in [0.717, 1.165) is 11.4 Å². The molecule has 4 heterocycles. The molecule has 0 spiro atoms. The monoisotopic (exact) mass is 744 g/mol. The Morgan fingerprint density at radius 1 is 1.26 bits per heavy atom. The van der Waals surface area contributed by atoms with Gasteiger partial charge in [-0.2, -0.15) is 5.10 Å². The number of nitrogens with two attached hydrogens (primary N) is 1. The van der Waals surface area contributed by atoms with Gasteiger partial charge in [0.05, 0.1) is 18.6 Å². The summed E-state index contributed by atoms with van der Waals surface area (Å²) < 4.78 is 60.2. The summed E-state index contributed by atoms with van der Waals surface area (Å²) in [7, 11) is -16.3. The number of aromatic nitrogens is 6. The first kappa shape index (κ1) is 37.4. The van der Waals surface area contributed by atoms with Gasteiger partial charge in [0.1, 0.15) is 42.6 Å². The number of phosphoric acid groups is 3. The van der Waals surface area contributed by atoms with Crippen LogP contribution < -0.4 is 30.4 Å². The zero-order valence-corrected chi connectivity index (χ0v) is 28.5. The highest BCUT2D eigenvalue weighted by Crippen LogP contribution is 2.61. The Labute approximate surface area is 270 Å². The number of nitrogens with zero attached hydrogens (tertiary/aromatic N) is 4. The fourth-order valence-electron chi connectivity index (χ4n) is 4.37. The lowest BCUT2D eigenvalue weighted by molar-refractivity contribution is -0.734. The van der Waals surface area contributed by atoms with Gasteiger partial charge in [-0.3, -0.25) is 23.1 Å². The normalized spacial score (nSPS) is 24.1. The Bertz CT molecular complexity index is 1840. The minimum absolute atomic E-state index is 0.0111. The van der Waals surface area contributed by atoms with Crippen LogP contribution in [-0.4, -0.2) is 72.1 Å². The fourth-order valence-corrected chi connectivity index (χ4v) is 7.52. The number of aliphatic hydroxyl groups is 1. The smallest absolute Gasteiger partial charge is 0.280 e. The van der Waals surface area contributed by atoms with Gasteiger partial charge in [0.15, 0.2) is 23.9 Å². The maximum atomic E-state index is 12.8. The van der Waals surface area contributed by atoms with Crippen molar-refractivity contribution < 1.29 is 70.5 Å². The van der Waals surface area contributed by atoms with Crippen LogP contribution in [0.3, 0.4) is 0 Å². The summed E-state index contributed by atoms with van der Waals surface area (Å²) in [4.78, 5) is 66.4. The number of hydrogen-bond acceptors (Lipinski definition) is 17. The number of nitrogens with one attached hydrogen (secondary N) is 3. The van der Waals surface area contributed by atoms with E-state index in [4.69, 9.17) is 32.3 Å². The predicted octanol–water partition coefficient (Wildman–Crippen LogP) is -2.07. The molecule has 3 aromatic rings. The Hall–Kier alpha value is -2.46. The quantitative estimate of drug-likeness (QED) is 0.0622. The number of amides is 1. The van der Waals surface area contributed by atoms with E-state index in [0.29, 0.717) is 0 Å². The number of aliphatic hydroxyl groups excluding tert-OH is 1. The molecule has 1 aliphatic heterocycles. The molecule has 3 aromatic heterocycles. The second kappa shape index (κ2) is 13.8. The first-order chi connectivity index (χ1) is 21.6. The van der Waals surface area contributed by atoms with Crippen LogP contribution >= 0.6 is 35.7 Å². The number of carbonyl (C=O) groups excluding carboxylic acids is 1. The van der Waals surface area contributed by atoms with Gasteiger partial charge in [0, 0.05) is 11.5 Å². The number of ether oxygens (including phenoxy) is 2. The SMILES string of the molecule is C[n+]1[nH]c(C(C)(C)C)cc1CNC(=O)CO[C@H]1C(O)[C@@H](COP(=O)([O-])OP(=O)([O-])OP(=O)([O-])O)O[C@H]1n1cnc2c(=S)nc(N)[nH]c21. The third-order valence-electron chi connectivity index (χ3n) is 6.56. The van der Waals surface area contributed by atoms with Crippen molar-refractivity contribution in [2.75, 3.05) is 18.9 Å². The van der Waals surface area contributed by atoms with E-state index >= 15 is 0 Å². The van der Waals surface area contributed by atoms with Crippen LogP contribution in [0.25, 0.3) is 11.2 Å². The Kier molecular flexibility index (Phi) is 11.0. The molecule has 1 amide bonds. The molecule has 0 bridgehead atoms. The first-order valence-corrected chi connectivity index (χ1v) is 18.1. The molecule has 4 rings (SSSR count). The van der Waals surface area contributed by atoms with Gasteiger partial charge in [-0.05, 0) is 0 Å². The third-order valence-corrected chi connectivity index (χ3v) is 10.5. The molecule has 7 N–H and O–H groups in total. The van der Waals surface area contributed by atoms with E-state index in [9.17, 15) is 38.3 Å². The number of fused-ring (bicyclic) bond motifs is 1. The van der Waals surface area contributed by atoms with Crippen molar-refractivity contribution in [1.82, 2.24) is 29.9 Å². The summed E-state index contributed by atoms with van der Waals surface area (Å²) in [5.41, 5.74) is 7.61. The highest BCUT2D eigenvalue weighted by molar-refractivity contribution is 7.71. The average molecular weight is 745 g/mol. The minimum Gasteiger partial charge on any atom is -0.756 e. The molecule has 22 nitrogen and oxygen atoms in total. The second-order valence-electron chi connectivity index (χ2n) is 11.2. The van der Waals surface area contributed by atoms with Crippen molar-refractivity contribution in [1.29, 1.82) is 0 Å². The topological polar surface area (TPSA) is 328 Å². The molecule has 0 aliphatic carbocycles. The summed E-state index contributed by atoms with van der Waals surface area (Å²) in [6.07, 6.45) is -4.87. The number of H-pyrrole nitrogens is 2. The molecule has 0 aromatic carbocycles. The number of nitrogen functional groups attached to an aromatic ring is 1. The van der Waals surface area contributed by atoms with Crippen LogP contribution in [0, 0.1) is 4.64 Å². The molecule has 1 aliphatic rings. The minimum atomic E-state index is -6.17. The summed E-state index contributed by atoms with van der Waals surface area (Å²) >= 11 is 5.17. The molecule has 7 atom stereocenters. The molecule has 0 radical (unpaired) electrons. The van der Waals surface area contributed by atoms with E-state index in [2.05, 4.69) is 38.5 Å². The van der Waals surface area contributed by atoms with Gasteiger partial charge < -0.3 is 54.7 Å². The summed E-state index contributed by atoms with van der Waals surface area (Å²) in [5.74, 6) is -0.702. The first-order valence-electron chi connectivity index (χ1n) is 13.3. The molecule has 47 heavy (non-hydrogen) atoms. The molecule has 4 unspecified atom stereocenters. The Balaban J connectivity index is 1.50. The van der Waals surface area contributed by atoms with E-state index in [1.165, 1.54) is 10.9 Å². The molecule has 0 saturated carbocycles. The van der Waals surface area contributed by atoms with Crippen LogP contribution in [-0.2, 0) is 60.1 Å². The second-order valence-corrected chi connectivity index (χ2v) is 15.9. The highest BCUT2D eigenvalue weighted by Gasteiger charge is 2.47. The van der Waals surface area contributed by atoms with Crippen molar-refractivity contribution in [2.45, 2.75) is 57.3 Å². The van der Waals surface area contributed by atoms with Gasteiger partial charge in [-0.25, -0.2) is 18.6 Å². The number of aryl methyl sites for hydroxylation is 1. The van der Waals surface area contributed by atoms with Crippen LogP contribution in [0.15, 0.2) is 12.4 Å². The van der Waals surface area contributed by atoms with Crippen molar-refractivity contribution in [3.05, 3.63) is 28.4 Å². The van der Waals surface area contributed by atoms with Gasteiger partial charge in [-0.1, -0.05) is 33.0 Å². The van der Waals surface area contributed by atoms with Crippen LogP contribution in [0.5, 0.6) is 0 Å². The van der Waals surface area contributed by atoms with Crippen LogP contribution in [0.2, 0.25) is 0 Å². The number of carbonyl (C=O) groups is 1. The lowest BCUT2D eigenvalue weighted by Gasteiger charge is -2.33. The maximum Gasteiger partial charge on any atom is 0.280 e. The van der Waals surface area contributed by atoms with Gasteiger partial charge in [0.25, 0.3) is 23.5 Å². The predicted molar refractivity (Wildman–Crippen MR) is 152 cm³/mol. The number of phosphoric ester groups is 1. The number of hydrogen-bond donors (Lipinski definition) is 6. The van der Waals surface area contributed by atoms with Gasteiger partial charge in [-0.15, -0.1) is 4.68 Å². The highest BCUT2D eigenvalue weighted by atomic mass is 32.1. The fraction of sp³-hybridized carbons (Fsp3) is 0.571. The average Bonchev–Trinajstić information content (AvgIpc) is 3.58. The largest absolute Gasteiger partial charge is 0.756 e. The zero-order valence-electron chi connectivity index (χ0n) is 25.0. The van der Waals surface area contributed by atoms with Crippen molar-refractivity contribution in [3.8, 4) is 0 Å². The van der Waals surface area contributed by atoms with Gasteiger partial charge >= 0.3 is 0 Å². The molecular weight excluding hydrogens is 713 g/mol. The summed E-state index contributed by atoms with van der Waals surface area (Å²) in [5, 5.41) is 17.0. The van der Waals surface area contributed by atoms with E-state index in [1.807, 2.05) is 26.8 Å². The number of aromatic amines is 2. The third kappa shape index (κ3) is 9.58. The molecule has 1 saturated heterocycles. The van der Waals surface area contributed by atoms with Crippen molar-refractivity contribution in [3.63, 3.8) is 0 Å². The van der Waals surface area contributed by atoms with Crippen LogP contribution in [0.1, 0.15) is 38.4 Å². The molecule has 26 heteroatoms. The Morgan fingerprint density at radius 3 is 2.55 bits per heavy atom. The number of imidazole rings is 1. The number of anilines is 1. The van der Waals surface area contributed by atoms with Gasteiger partial charge in [0.2, 0.25) is 11.6 Å². The lowest BCUT2D eigenvalue weighted by Crippen LogP contribution is -2.41. The van der Waals surface area contributed by atoms with Crippen molar-refractivity contribution >= 4 is 58.7 Å². The lowest BCUT2D eigenvalue weighted by atomic mass is 9.92. The summed E-state index contributed by atoms with van der Waals surface area (Å²) in [6.45, 7) is 4.45. The standard InChI is InChI=1S/C21H33N8O14P3S/c1-21(2,3)12-5-10(28(4)27-12)6-23-13(30)8-39-16-15(31)11(7-40-45(35,36)43-46(37,38)42-44(32,33)34)41-19(16)29-9-24-14-17(29)25-20(22)26-18(14)47/h5,9,11,15-16,19,31H,6-8H2,1-4H3,(H8,22,23,25,26,30,32,33,34,35,36,37,38,47)/p-2/t11-,15?,16+,19-/m1/s1.